The maximum absolute atomic E-state index is 12.9. The van der Waals surface area contributed by atoms with Crippen molar-refractivity contribution in [2.24, 2.45) is 13.0 Å². The molecule has 5 nitrogen and oxygen atoms in total. The highest BCUT2D eigenvalue weighted by Gasteiger charge is 2.31. The highest BCUT2D eigenvalue weighted by molar-refractivity contribution is 5.95. The van der Waals surface area contributed by atoms with Crippen molar-refractivity contribution in [2.45, 2.75) is 32.3 Å². The van der Waals surface area contributed by atoms with E-state index in [4.69, 9.17) is 0 Å². The van der Waals surface area contributed by atoms with E-state index >= 15 is 0 Å². The molecule has 0 saturated carbocycles. The Bertz CT molecular complexity index is 710. The lowest BCUT2D eigenvalue weighted by Gasteiger charge is -2.35. The van der Waals surface area contributed by atoms with Gasteiger partial charge in [0.1, 0.15) is 11.9 Å². The first-order chi connectivity index (χ1) is 11.6. The van der Waals surface area contributed by atoms with Crippen molar-refractivity contribution < 1.29 is 9.90 Å². The van der Waals surface area contributed by atoms with Crippen LogP contribution in [0, 0.1) is 5.92 Å². The predicted octanol–water partition coefficient (Wildman–Crippen LogP) is 2.57. The molecule has 1 aromatic heterocycles. The second-order valence-electron chi connectivity index (χ2n) is 6.51. The highest BCUT2D eigenvalue weighted by atomic mass is 16.3. The summed E-state index contributed by atoms with van der Waals surface area (Å²) in [7, 11) is 1.88. The van der Waals surface area contributed by atoms with Gasteiger partial charge < -0.3 is 14.6 Å². The Kier molecular flexibility index (Phi) is 5.00. The van der Waals surface area contributed by atoms with Crippen LogP contribution in [0.3, 0.4) is 0 Å². The number of piperidine rings is 1. The first-order valence-corrected chi connectivity index (χ1v) is 8.64. The molecule has 0 bridgehead atoms. The minimum Gasteiger partial charge on any atom is -0.385 e. The van der Waals surface area contributed by atoms with Crippen LogP contribution in [-0.4, -0.2) is 38.6 Å². The highest BCUT2D eigenvalue weighted by Crippen LogP contribution is 2.29. The van der Waals surface area contributed by atoms with Gasteiger partial charge in [-0.05, 0) is 30.9 Å². The molecule has 1 N–H and O–H groups in total. The number of hydrogen-bond donors (Lipinski definition) is 1. The summed E-state index contributed by atoms with van der Waals surface area (Å²) in [4.78, 5) is 19.1. The van der Waals surface area contributed by atoms with E-state index in [-0.39, 0.29) is 11.8 Å². The molecule has 5 heteroatoms. The molecule has 1 saturated heterocycles. The lowest BCUT2D eigenvalue weighted by atomic mass is 9.91. The molecule has 24 heavy (non-hydrogen) atoms. The van der Waals surface area contributed by atoms with E-state index in [1.165, 1.54) is 0 Å². The van der Waals surface area contributed by atoms with Crippen LogP contribution in [-0.2, 0) is 13.5 Å². The SMILES string of the molecule is CCc1ccccc1C(=O)N1CCCC(C(O)c2nccn2C)C1. The smallest absolute Gasteiger partial charge is 0.254 e. The predicted molar refractivity (Wildman–Crippen MR) is 92.6 cm³/mol. The van der Waals surface area contributed by atoms with Gasteiger partial charge in [-0.2, -0.15) is 0 Å². The molecule has 2 aromatic rings. The summed E-state index contributed by atoms with van der Waals surface area (Å²) in [5, 5.41) is 10.7. The number of aryl methyl sites for hydroxylation is 2. The number of aromatic nitrogens is 2. The number of carbonyl (C=O) groups excluding carboxylic acids is 1. The maximum atomic E-state index is 12.9. The summed E-state index contributed by atoms with van der Waals surface area (Å²) in [6, 6.07) is 7.80. The largest absolute Gasteiger partial charge is 0.385 e. The Morgan fingerprint density at radius 3 is 2.92 bits per heavy atom. The van der Waals surface area contributed by atoms with E-state index in [1.54, 1.807) is 6.20 Å². The number of imidazole rings is 1. The van der Waals surface area contributed by atoms with E-state index in [0.29, 0.717) is 12.4 Å². The fourth-order valence-electron chi connectivity index (χ4n) is 3.53. The lowest BCUT2D eigenvalue weighted by Crippen LogP contribution is -2.42. The van der Waals surface area contributed by atoms with Gasteiger partial charge in [0, 0.05) is 44.0 Å². The van der Waals surface area contributed by atoms with E-state index in [0.717, 1.165) is 36.9 Å². The fourth-order valence-corrected chi connectivity index (χ4v) is 3.53. The number of amides is 1. The van der Waals surface area contributed by atoms with Crippen LogP contribution in [0.4, 0.5) is 0 Å². The Morgan fingerprint density at radius 2 is 2.21 bits per heavy atom. The van der Waals surface area contributed by atoms with E-state index < -0.39 is 6.10 Å². The zero-order valence-electron chi connectivity index (χ0n) is 14.4. The van der Waals surface area contributed by atoms with Crippen LogP contribution >= 0.6 is 0 Å². The molecule has 2 atom stereocenters. The van der Waals surface area contributed by atoms with Gasteiger partial charge >= 0.3 is 0 Å². The molecule has 0 aliphatic carbocycles. The summed E-state index contributed by atoms with van der Waals surface area (Å²) in [5.41, 5.74) is 1.86. The second kappa shape index (κ2) is 7.18. The van der Waals surface area contributed by atoms with Crippen molar-refractivity contribution in [1.82, 2.24) is 14.5 Å². The van der Waals surface area contributed by atoms with Gasteiger partial charge in [-0.3, -0.25) is 4.79 Å². The van der Waals surface area contributed by atoms with Crippen LogP contribution in [0.1, 0.15) is 47.6 Å². The van der Waals surface area contributed by atoms with E-state index in [1.807, 2.05) is 47.0 Å². The summed E-state index contributed by atoms with van der Waals surface area (Å²) < 4.78 is 1.85. The third kappa shape index (κ3) is 3.22. The lowest BCUT2D eigenvalue weighted by molar-refractivity contribution is 0.0358. The van der Waals surface area contributed by atoms with Crippen LogP contribution in [0.2, 0.25) is 0 Å². The number of benzene rings is 1. The molecule has 2 heterocycles. The van der Waals surface area contributed by atoms with Crippen LogP contribution in [0.5, 0.6) is 0 Å². The molecule has 1 fully saturated rings. The Hall–Kier alpha value is -2.14. The average molecular weight is 327 g/mol. The number of carbonyl (C=O) groups is 1. The minimum absolute atomic E-state index is 0.0255. The fraction of sp³-hybridized carbons (Fsp3) is 0.474. The molecule has 2 unspecified atom stereocenters. The molecule has 0 radical (unpaired) electrons. The van der Waals surface area contributed by atoms with Crippen LogP contribution in [0.25, 0.3) is 0 Å². The normalized spacial score (nSPS) is 19.3. The third-order valence-corrected chi connectivity index (χ3v) is 4.94. The van der Waals surface area contributed by atoms with Gasteiger partial charge in [-0.1, -0.05) is 25.1 Å². The van der Waals surface area contributed by atoms with Crippen LogP contribution < -0.4 is 0 Å². The molecule has 0 spiro atoms. The van der Waals surface area contributed by atoms with Crippen molar-refractivity contribution in [3.05, 3.63) is 53.6 Å². The van der Waals surface area contributed by atoms with Crippen molar-refractivity contribution in [3.63, 3.8) is 0 Å². The standard InChI is InChI=1S/C19H25N3O2/c1-3-14-7-4-5-9-16(14)19(24)22-11-6-8-15(13-22)17(23)18-20-10-12-21(18)2/h4-5,7,9-10,12,15,17,23H,3,6,8,11,13H2,1-2H3. The summed E-state index contributed by atoms with van der Waals surface area (Å²) in [6.07, 6.45) is 5.56. The summed E-state index contributed by atoms with van der Waals surface area (Å²) in [5.74, 6) is 0.769. The van der Waals surface area contributed by atoms with E-state index in [9.17, 15) is 9.90 Å². The van der Waals surface area contributed by atoms with Gasteiger partial charge in [0.2, 0.25) is 0 Å². The third-order valence-electron chi connectivity index (χ3n) is 4.94. The zero-order valence-corrected chi connectivity index (χ0v) is 14.4. The number of aliphatic hydroxyl groups is 1. The average Bonchev–Trinajstić information content (AvgIpc) is 3.06. The van der Waals surface area contributed by atoms with Crippen molar-refractivity contribution in [3.8, 4) is 0 Å². The summed E-state index contributed by atoms with van der Waals surface area (Å²) >= 11 is 0. The van der Waals surface area contributed by atoms with Crippen molar-refractivity contribution in [1.29, 1.82) is 0 Å². The monoisotopic (exact) mass is 327 g/mol. The molecule has 1 amide bonds. The summed E-state index contributed by atoms with van der Waals surface area (Å²) in [6.45, 7) is 3.39. The topological polar surface area (TPSA) is 58.4 Å². The van der Waals surface area contributed by atoms with Gasteiger partial charge in [-0.15, -0.1) is 0 Å². The van der Waals surface area contributed by atoms with Gasteiger partial charge in [0.25, 0.3) is 5.91 Å². The molecule has 1 aromatic carbocycles. The molecule has 128 valence electrons. The Morgan fingerprint density at radius 1 is 1.42 bits per heavy atom. The molecule has 3 rings (SSSR count). The minimum atomic E-state index is -0.637. The number of hydrogen-bond acceptors (Lipinski definition) is 3. The number of nitrogens with zero attached hydrogens (tertiary/aromatic N) is 3. The van der Waals surface area contributed by atoms with Gasteiger partial charge in [0.15, 0.2) is 0 Å². The van der Waals surface area contributed by atoms with Crippen molar-refractivity contribution in [2.75, 3.05) is 13.1 Å². The maximum Gasteiger partial charge on any atom is 0.254 e. The van der Waals surface area contributed by atoms with Gasteiger partial charge in [0.05, 0.1) is 0 Å². The second-order valence-corrected chi connectivity index (χ2v) is 6.51. The molecule has 1 aliphatic rings. The Labute approximate surface area is 142 Å². The first-order valence-electron chi connectivity index (χ1n) is 8.64. The van der Waals surface area contributed by atoms with Crippen LogP contribution in [0.15, 0.2) is 36.7 Å². The van der Waals surface area contributed by atoms with E-state index in [2.05, 4.69) is 11.9 Å². The number of likely N-dealkylation sites (tertiary alicyclic amines) is 1. The quantitative estimate of drug-likeness (QED) is 0.939. The molecular weight excluding hydrogens is 302 g/mol. The number of aliphatic hydroxyl groups excluding tert-OH is 1. The molecule has 1 aliphatic heterocycles. The zero-order chi connectivity index (χ0) is 17.1. The Balaban J connectivity index is 1.76. The molecular formula is C19H25N3O2. The first kappa shape index (κ1) is 16.7. The number of rotatable bonds is 4. The van der Waals surface area contributed by atoms with Crippen molar-refractivity contribution >= 4 is 5.91 Å². The van der Waals surface area contributed by atoms with Gasteiger partial charge in [-0.25, -0.2) is 4.98 Å².